The minimum Gasteiger partial charge on any atom is -0.267 e. The molecule has 0 saturated heterocycles. The van der Waals surface area contributed by atoms with Crippen molar-refractivity contribution in [2.45, 2.75) is 0 Å². The molecule has 0 aliphatic rings. The third-order valence-electron chi connectivity index (χ3n) is 2.84. The number of hydrogen-bond donors (Lipinski definition) is 1. The van der Waals surface area contributed by atoms with Crippen molar-refractivity contribution in [1.29, 1.82) is 0 Å². The molecule has 0 heterocycles. The van der Waals surface area contributed by atoms with E-state index in [9.17, 15) is 19.3 Å². The van der Waals surface area contributed by atoms with Gasteiger partial charge in [0.05, 0.1) is 10.5 Å². The van der Waals surface area contributed by atoms with Gasteiger partial charge in [0.15, 0.2) is 0 Å². The zero-order valence-corrected chi connectivity index (χ0v) is 11.8. The first-order valence-electron chi connectivity index (χ1n) is 6.57. The summed E-state index contributed by atoms with van der Waals surface area (Å²) in [5.41, 5.74) is 2.94. The summed E-state index contributed by atoms with van der Waals surface area (Å²) in [5, 5.41) is 14.5. The molecule has 0 bridgehead atoms. The van der Waals surface area contributed by atoms with E-state index in [0.717, 1.165) is 0 Å². The number of rotatable bonds is 5. The van der Waals surface area contributed by atoms with Crippen molar-refractivity contribution < 1.29 is 14.1 Å². The number of carbonyl (C=O) groups excluding carboxylic acids is 1. The summed E-state index contributed by atoms with van der Waals surface area (Å²) in [6.07, 6.45) is 4.26. The summed E-state index contributed by atoms with van der Waals surface area (Å²) in [6, 6.07) is 11.3. The van der Waals surface area contributed by atoms with Gasteiger partial charge < -0.3 is 0 Å². The van der Waals surface area contributed by atoms with E-state index in [1.165, 1.54) is 48.7 Å². The summed E-state index contributed by atoms with van der Waals surface area (Å²) in [7, 11) is 0. The minimum absolute atomic E-state index is 0.0208. The SMILES string of the molecule is O=C(N/N=C/C=C/c1ccccc1[N+](=O)[O-])c1ccc(F)cc1. The third kappa shape index (κ3) is 4.57. The summed E-state index contributed by atoms with van der Waals surface area (Å²) in [5.74, 6) is -0.919. The Hall–Kier alpha value is -3.35. The van der Waals surface area contributed by atoms with E-state index in [-0.39, 0.29) is 11.3 Å². The lowest BCUT2D eigenvalue weighted by Crippen LogP contribution is -2.17. The van der Waals surface area contributed by atoms with E-state index in [1.54, 1.807) is 18.2 Å². The van der Waals surface area contributed by atoms with Crippen LogP contribution in [0.2, 0.25) is 0 Å². The van der Waals surface area contributed by atoms with Gasteiger partial charge in [0.2, 0.25) is 0 Å². The standard InChI is InChI=1S/C16H12FN3O3/c17-14-9-7-13(8-10-14)16(21)19-18-11-3-5-12-4-1-2-6-15(12)20(22)23/h1-11H,(H,19,21)/b5-3+,18-11+. The highest BCUT2D eigenvalue weighted by molar-refractivity contribution is 5.94. The Morgan fingerprint density at radius 1 is 1.17 bits per heavy atom. The van der Waals surface area contributed by atoms with Crippen molar-refractivity contribution in [2.75, 3.05) is 0 Å². The fourth-order valence-corrected chi connectivity index (χ4v) is 1.75. The van der Waals surface area contributed by atoms with E-state index >= 15 is 0 Å². The number of hydrogen-bond acceptors (Lipinski definition) is 4. The summed E-state index contributed by atoms with van der Waals surface area (Å²) in [4.78, 5) is 22.0. The molecular weight excluding hydrogens is 301 g/mol. The molecule has 0 fully saturated rings. The van der Waals surface area contributed by atoms with E-state index in [0.29, 0.717) is 5.56 Å². The number of nitro benzene ring substituents is 1. The highest BCUT2D eigenvalue weighted by Crippen LogP contribution is 2.18. The van der Waals surface area contributed by atoms with Gasteiger partial charge in [0, 0.05) is 17.8 Å². The maximum Gasteiger partial charge on any atom is 0.276 e. The predicted molar refractivity (Wildman–Crippen MR) is 84.5 cm³/mol. The molecule has 1 amide bonds. The van der Waals surface area contributed by atoms with Crippen molar-refractivity contribution in [3.05, 3.63) is 81.7 Å². The predicted octanol–water partition coefficient (Wildman–Crippen LogP) is 3.16. The molecule has 6 nitrogen and oxygen atoms in total. The molecule has 0 saturated carbocycles. The van der Waals surface area contributed by atoms with Crippen LogP contribution in [0, 0.1) is 15.9 Å². The molecule has 0 aliphatic carbocycles. The lowest BCUT2D eigenvalue weighted by Gasteiger charge is -1.98. The number of allylic oxidation sites excluding steroid dienone is 1. The second-order valence-electron chi connectivity index (χ2n) is 4.40. The number of benzene rings is 2. The molecule has 2 rings (SSSR count). The number of nitro groups is 1. The van der Waals surface area contributed by atoms with Crippen LogP contribution in [0.15, 0.2) is 59.7 Å². The molecule has 0 spiro atoms. The van der Waals surface area contributed by atoms with E-state index in [1.807, 2.05) is 0 Å². The fourth-order valence-electron chi connectivity index (χ4n) is 1.75. The molecule has 2 aromatic carbocycles. The van der Waals surface area contributed by atoms with E-state index < -0.39 is 16.6 Å². The minimum atomic E-state index is -0.486. The number of para-hydroxylation sites is 1. The molecule has 0 atom stereocenters. The van der Waals surface area contributed by atoms with Crippen molar-refractivity contribution in [1.82, 2.24) is 5.43 Å². The molecule has 116 valence electrons. The Morgan fingerprint density at radius 2 is 1.87 bits per heavy atom. The molecule has 2 aromatic rings. The van der Waals surface area contributed by atoms with Gasteiger partial charge in [0.25, 0.3) is 11.6 Å². The smallest absolute Gasteiger partial charge is 0.267 e. The molecular formula is C16H12FN3O3. The Kier molecular flexibility index (Phi) is 5.30. The maximum atomic E-state index is 12.7. The van der Waals surface area contributed by atoms with Crippen LogP contribution in [0.25, 0.3) is 6.08 Å². The van der Waals surface area contributed by atoms with Gasteiger partial charge in [-0.1, -0.05) is 12.1 Å². The normalized spacial score (nSPS) is 11.0. The third-order valence-corrected chi connectivity index (χ3v) is 2.84. The largest absolute Gasteiger partial charge is 0.276 e. The molecule has 0 aliphatic heterocycles. The Bertz CT molecular complexity index is 770. The second kappa shape index (κ2) is 7.60. The molecule has 0 radical (unpaired) electrons. The van der Waals surface area contributed by atoms with Gasteiger partial charge in [-0.05, 0) is 42.5 Å². The summed E-state index contributed by atoms with van der Waals surface area (Å²) >= 11 is 0. The van der Waals surface area contributed by atoms with Crippen LogP contribution in [0.3, 0.4) is 0 Å². The zero-order chi connectivity index (χ0) is 16.7. The zero-order valence-electron chi connectivity index (χ0n) is 11.8. The Balaban J connectivity index is 1.95. The average molecular weight is 313 g/mol. The van der Waals surface area contributed by atoms with Gasteiger partial charge in [-0.25, -0.2) is 9.82 Å². The topological polar surface area (TPSA) is 84.6 Å². The number of nitrogens with one attached hydrogen (secondary N) is 1. The van der Waals surface area contributed by atoms with Crippen molar-refractivity contribution >= 4 is 23.9 Å². The van der Waals surface area contributed by atoms with Gasteiger partial charge in [-0.3, -0.25) is 14.9 Å². The van der Waals surface area contributed by atoms with Gasteiger partial charge in [-0.15, -0.1) is 0 Å². The van der Waals surface area contributed by atoms with Crippen LogP contribution in [0.5, 0.6) is 0 Å². The molecule has 0 unspecified atom stereocenters. The maximum absolute atomic E-state index is 12.7. The van der Waals surface area contributed by atoms with Gasteiger partial charge in [-0.2, -0.15) is 5.10 Å². The number of carbonyl (C=O) groups is 1. The van der Waals surface area contributed by atoms with E-state index in [4.69, 9.17) is 0 Å². The van der Waals surface area contributed by atoms with Crippen molar-refractivity contribution in [2.24, 2.45) is 5.10 Å². The lowest BCUT2D eigenvalue weighted by atomic mass is 10.2. The highest BCUT2D eigenvalue weighted by Gasteiger charge is 2.08. The van der Waals surface area contributed by atoms with Crippen LogP contribution in [-0.2, 0) is 0 Å². The number of nitrogens with zero attached hydrogens (tertiary/aromatic N) is 2. The number of hydrazone groups is 1. The van der Waals surface area contributed by atoms with Crippen LogP contribution >= 0.6 is 0 Å². The Morgan fingerprint density at radius 3 is 2.57 bits per heavy atom. The number of amides is 1. The number of halogens is 1. The highest BCUT2D eigenvalue weighted by atomic mass is 19.1. The van der Waals surface area contributed by atoms with E-state index in [2.05, 4.69) is 10.5 Å². The van der Waals surface area contributed by atoms with Crippen LogP contribution in [0.4, 0.5) is 10.1 Å². The van der Waals surface area contributed by atoms with Crippen LogP contribution in [-0.4, -0.2) is 17.0 Å². The van der Waals surface area contributed by atoms with Gasteiger partial charge in [0.1, 0.15) is 5.82 Å². The average Bonchev–Trinajstić information content (AvgIpc) is 2.55. The van der Waals surface area contributed by atoms with Gasteiger partial charge >= 0.3 is 0 Å². The fraction of sp³-hybridized carbons (Fsp3) is 0. The van der Waals surface area contributed by atoms with Crippen LogP contribution < -0.4 is 5.43 Å². The Labute approximate surface area is 131 Å². The first kappa shape index (κ1) is 16.0. The summed E-state index contributed by atoms with van der Waals surface area (Å²) in [6.45, 7) is 0. The first-order chi connectivity index (χ1) is 11.1. The molecule has 1 N–H and O–H groups in total. The van der Waals surface area contributed by atoms with Crippen molar-refractivity contribution in [3.63, 3.8) is 0 Å². The molecule has 7 heteroatoms. The monoisotopic (exact) mass is 313 g/mol. The van der Waals surface area contributed by atoms with Crippen molar-refractivity contribution in [3.8, 4) is 0 Å². The second-order valence-corrected chi connectivity index (χ2v) is 4.40. The molecule has 23 heavy (non-hydrogen) atoms. The first-order valence-corrected chi connectivity index (χ1v) is 6.57. The quantitative estimate of drug-likeness (QED) is 0.522. The molecule has 0 aromatic heterocycles. The summed E-state index contributed by atoms with van der Waals surface area (Å²) < 4.78 is 12.7. The lowest BCUT2D eigenvalue weighted by molar-refractivity contribution is -0.385. The van der Waals surface area contributed by atoms with Crippen LogP contribution in [0.1, 0.15) is 15.9 Å².